The standard InChI is InChI=1S/C12H13N3O3S/c1-18-11(16)8-2-3-9(14-4-8)5-13-6-10-7-19-12(17)15-10/h2-4,7,13H,5-6H2,1H3,(H,15,17). The van der Waals surface area contributed by atoms with Crippen molar-refractivity contribution in [2.75, 3.05) is 7.11 Å². The van der Waals surface area contributed by atoms with Crippen molar-refractivity contribution in [2.45, 2.75) is 13.1 Å². The van der Waals surface area contributed by atoms with Gasteiger partial charge >= 0.3 is 10.8 Å². The zero-order valence-electron chi connectivity index (χ0n) is 10.3. The van der Waals surface area contributed by atoms with Crippen LogP contribution in [-0.4, -0.2) is 23.0 Å². The van der Waals surface area contributed by atoms with Crippen molar-refractivity contribution >= 4 is 17.3 Å². The Morgan fingerprint density at radius 2 is 2.32 bits per heavy atom. The molecule has 0 aliphatic rings. The lowest BCUT2D eigenvalue weighted by atomic mass is 10.2. The molecule has 2 heterocycles. The van der Waals surface area contributed by atoms with E-state index in [4.69, 9.17) is 0 Å². The third-order valence-corrected chi connectivity index (χ3v) is 3.16. The van der Waals surface area contributed by atoms with Gasteiger partial charge in [-0.1, -0.05) is 11.3 Å². The molecule has 0 saturated carbocycles. The molecule has 0 spiro atoms. The second kappa shape index (κ2) is 6.26. The molecule has 2 N–H and O–H groups in total. The Hall–Kier alpha value is -1.99. The molecule has 0 radical (unpaired) electrons. The third kappa shape index (κ3) is 3.73. The van der Waals surface area contributed by atoms with Crippen LogP contribution in [-0.2, 0) is 17.8 Å². The Morgan fingerprint density at radius 1 is 1.47 bits per heavy atom. The van der Waals surface area contributed by atoms with Gasteiger partial charge in [0.05, 0.1) is 18.4 Å². The number of esters is 1. The average Bonchev–Trinajstić information content (AvgIpc) is 2.84. The number of carbonyl (C=O) groups is 1. The third-order valence-electron chi connectivity index (χ3n) is 2.44. The molecule has 100 valence electrons. The molecule has 7 heteroatoms. The molecule has 0 aliphatic heterocycles. The minimum Gasteiger partial charge on any atom is -0.465 e. The van der Waals surface area contributed by atoms with E-state index in [0.717, 1.165) is 22.7 Å². The minimum absolute atomic E-state index is 0.0580. The first-order chi connectivity index (χ1) is 9.19. The van der Waals surface area contributed by atoms with E-state index in [2.05, 4.69) is 20.0 Å². The summed E-state index contributed by atoms with van der Waals surface area (Å²) in [6.45, 7) is 1.12. The molecule has 0 atom stereocenters. The zero-order chi connectivity index (χ0) is 13.7. The molecule has 0 unspecified atom stereocenters. The van der Waals surface area contributed by atoms with Gasteiger partial charge < -0.3 is 15.0 Å². The van der Waals surface area contributed by atoms with E-state index >= 15 is 0 Å². The Bertz CT molecular complexity index is 603. The van der Waals surface area contributed by atoms with Gasteiger partial charge in [0.2, 0.25) is 0 Å². The molecule has 2 rings (SSSR count). The van der Waals surface area contributed by atoms with Crippen molar-refractivity contribution in [1.82, 2.24) is 15.3 Å². The van der Waals surface area contributed by atoms with E-state index < -0.39 is 5.97 Å². The molecular formula is C12H13N3O3S. The van der Waals surface area contributed by atoms with Crippen LogP contribution < -0.4 is 10.2 Å². The van der Waals surface area contributed by atoms with Crippen LogP contribution in [0, 0.1) is 0 Å². The predicted molar refractivity (Wildman–Crippen MR) is 71.1 cm³/mol. The lowest BCUT2D eigenvalue weighted by Gasteiger charge is -2.03. The number of hydrogen-bond donors (Lipinski definition) is 2. The van der Waals surface area contributed by atoms with Gasteiger partial charge in [0.25, 0.3) is 0 Å². The molecule has 19 heavy (non-hydrogen) atoms. The highest BCUT2D eigenvalue weighted by Crippen LogP contribution is 2.02. The van der Waals surface area contributed by atoms with Gasteiger partial charge in [0.1, 0.15) is 0 Å². The van der Waals surface area contributed by atoms with Gasteiger partial charge in [-0.3, -0.25) is 9.78 Å². The van der Waals surface area contributed by atoms with Crippen molar-refractivity contribution in [3.63, 3.8) is 0 Å². The van der Waals surface area contributed by atoms with Gasteiger partial charge in [-0.15, -0.1) is 0 Å². The van der Waals surface area contributed by atoms with Crippen LogP contribution >= 0.6 is 11.3 Å². The number of methoxy groups -OCH3 is 1. The second-order valence-corrected chi connectivity index (χ2v) is 4.65. The molecule has 0 amide bonds. The van der Waals surface area contributed by atoms with E-state index in [1.54, 1.807) is 17.5 Å². The maximum Gasteiger partial charge on any atom is 0.339 e. The van der Waals surface area contributed by atoms with Crippen molar-refractivity contribution in [1.29, 1.82) is 0 Å². The fourth-order valence-electron chi connectivity index (χ4n) is 1.49. The zero-order valence-corrected chi connectivity index (χ0v) is 11.1. The minimum atomic E-state index is -0.400. The highest BCUT2D eigenvalue weighted by molar-refractivity contribution is 7.07. The normalized spacial score (nSPS) is 10.4. The first-order valence-electron chi connectivity index (χ1n) is 5.59. The lowest BCUT2D eigenvalue weighted by molar-refractivity contribution is 0.0600. The molecule has 2 aromatic rings. The summed E-state index contributed by atoms with van der Waals surface area (Å²) in [5.74, 6) is -0.400. The van der Waals surface area contributed by atoms with Crippen molar-refractivity contribution in [3.8, 4) is 0 Å². The van der Waals surface area contributed by atoms with E-state index in [1.807, 2.05) is 0 Å². The Morgan fingerprint density at radius 3 is 2.89 bits per heavy atom. The van der Waals surface area contributed by atoms with Crippen LogP contribution in [0.1, 0.15) is 21.7 Å². The number of hydrogen-bond acceptors (Lipinski definition) is 6. The summed E-state index contributed by atoms with van der Waals surface area (Å²) in [6, 6.07) is 3.43. The number of ether oxygens (including phenoxy) is 1. The van der Waals surface area contributed by atoms with E-state index in [1.165, 1.54) is 13.3 Å². The van der Waals surface area contributed by atoms with Crippen LogP contribution in [0.2, 0.25) is 0 Å². The summed E-state index contributed by atoms with van der Waals surface area (Å²) in [5, 5.41) is 4.93. The highest BCUT2D eigenvalue weighted by Gasteiger charge is 2.05. The number of nitrogens with one attached hydrogen (secondary N) is 2. The molecule has 0 aliphatic carbocycles. The molecule has 2 aromatic heterocycles. The van der Waals surface area contributed by atoms with Gasteiger partial charge in [0.15, 0.2) is 0 Å². The summed E-state index contributed by atoms with van der Waals surface area (Å²) in [6.07, 6.45) is 1.48. The quantitative estimate of drug-likeness (QED) is 0.795. The van der Waals surface area contributed by atoms with Gasteiger partial charge in [-0.25, -0.2) is 4.79 Å². The van der Waals surface area contributed by atoms with Crippen LogP contribution in [0.15, 0.2) is 28.5 Å². The maximum absolute atomic E-state index is 11.2. The topological polar surface area (TPSA) is 84.1 Å². The maximum atomic E-state index is 11.2. The number of nitrogens with zero attached hydrogens (tertiary/aromatic N) is 1. The summed E-state index contributed by atoms with van der Waals surface area (Å²) < 4.78 is 4.59. The monoisotopic (exact) mass is 279 g/mol. The fourth-order valence-corrected chi connectivity index (χ4v) is 2.08. The Labute approximate surface area is 113 Å². The number of carbonyl (C=O) groups excluding carboxylic acids is 1. The Balaban J connectivity index is 1.86. The van der Waals surface area contributed by atoms with Crippen LogP contribution in [0.3, 0.4) is 0 Å². The largest absolute Gasteiger partial charge is 0.465 e. The number of aromatic amines is 1. The summed E-state index contributed by atoms with van der Waals surface area (Å²) in [7, 11) is 1.33. The molecule has 0 fully saturated rings. The van der Waals surface area contributed by atoms with Gasteiger partial charge in [-0.05, 0) is 12.1 Å². The average molecular weight is 279 g/mol. The summed E-state index contributed by atoms with van der Waals surface area (Å²) >= 11 is 1.14. The first kappa shape index (κ1) is 13.4. The van der Waals surface area contributed by atoms with Crippen LogP contribution in [0.25, 0.3) is 0 Å². The number of pyridine rings is 1. The number of H-pyrrole nitrogens is 1. The Kier molecular flexibility index (Phi) is 4.43. The van der Waals surface area contributed by atoms with Gasteiger partial charge in [0, 0.05) is 30.4 Å². The van der Waals surface area contributed by atoms with Crippen molar-refractivity contribution in [3.05, 3.63) is 50.3 Å². The number of thiazole rings is 1. The number of rotatable bonds is 5. The lowest BCUT2D eigenvalue weighted by Crippen LogP contribution is -2.15. The molecule has 0 saturated heterocycles. The molecular weight excluding hydrogens is 266 g/mol. The molecule has 6 nitrogen and oxygen atoms in total. The fraction of sp³-hybridized carbons (Fsp3) is 0.250. The van der Waals surface area contributed by atoms with Gasteiger partial charge in [-0.2, -0.15) is 0 Å². The van der Waals surface area contributed by atoms with Crippen LogP contribution in [0.4, 0.5) is 0 Å². The smallest absolute Gasteiger partial charge is 0.339 e. The highest BCUT2D eigenvalue weighted by atomic mass is 32.1. The SMILES string of the molecule is COC(=O)c1ccc(CNCc2csc(=O)[nH]2)nc1. The summed E-state index contributed by atoms with van der Waals surface area (Å²) in [4.78, 5) is 29.0. The summed E-state index contributed by atoms with van der Waals surface area (Å²) in [5.41, 5.74) is 2.08. The molecule has 0 bridgehead atoms. The molecule has 0 aromatic carbocycles. The van der Waals surface area contributed by atoms with Crippen LogP contribution in [0.5, 0.6) is 0 Å². The predicted octanol–water partition coefficient (Wildman–Crippen LogP) is 0.908. The van der Waals surface area contributed by atoms with Crippen molar-refractivity contribution < 1.29 is 9.53 Å². The van der Waals surface area contributed by atoms with Crippen molar-refractivity contribution in [2.24, 2.45) is 0 Å². The second-order valence-electron chi connectivity index (χ2n) is 3.81. The first-order valence-corrected chi connectivity index (χ1v) is 6.47. The van der Waals surface area contributed by atoms with E-state index in [0.29, 0.717) is 18.7 Å². The van der Waals surface area contributed by atoms with E-state index in [-0.39, 0.29) is 4.87 Å². The van der Waals surface area contributed by atoms with E-state index in [9.17, 15) is 9.59 Å². The number of aromatic nitrogens is 2.